The predicted octanol–water partition coefficient (Wildman–Crippen LogP) is 2.87. The number of nitrogens with one attached hydrogen (secondary N) is 1. The van der Waals surface area contributed by atoms with Gasteiger partial charge in [-0.15, -0.1) is 11.3 Å². The first-order chi connectivity index (χ1) is 11.5. The van der Waals surface area contributed by atoms with Crippen LogP contribution in [0.1, 0.15) is 5.56 Å². The van der Waals surface area contributed by atoms with E-state index in [4.69, 9.17) is 0 Å². The average molecular weight is 363 g/mol. The highest BCUT2D eigenvalue weighted by molar-refractivity contribution is 7.99. The van der Waals surface area contributed by atoms with E-state index in [1.165, 1.54) is 35.2 Å². The summed E-state index contributed by atoms with van der Waals surface area (Å²) < 4.78 is 12.9. The van der Waals surface area contributed by atoms with Gasteiger partial charge < -0.3 is 9.88 Å². The van der Waals surface area contributed by atoms with Gasteiger partial charge in [-0.25, -0.2) is 9.37 Å². The summed E-state index contributed by atoms with van der Waals surface area (Å²) in [6.45, 7) is 0.396. The van der Waals surface area contributed by atoms with Crippen LogP contribution in [0.15, 0.2) is 45.7 Å². The molecule has 0 fully saturated rings. The van der Waals surface area contributed by atoms with Crippen LogP contribution in [0.25, 0.3) is 10.2 Å². The molecule has 0 spiro atoms. The van der Waals surface area contributed by atoms with E-state index in [1.807, 2.05) is 5.38 Å². The molecule has 5 nitrogen and oxygen atoms in total. The van der Waals surface area contributed by atoms with Gasteiger partial charge in [-0.05, 0) is 29.1 Å². The lowest BCUT2D eigenvalue weighted by atomic mass is 10.2. The van der Waals surface area contributed by atoms with E-state index in [0.717, 1.165) is 5.56 Å². The molecule has 0 aliphatic rings. The Labute approximate surface area is 145 Å². The number of halogens is 1. The molecule has 1 aromatic carbocycles. The molecule has 0 saturated heterocycles. The Kier molecular flexibility index (Phi) is 4.96. The van der Waals surface area contributed by atoms with Gasteiger partial charge in [0.05, 0.1) is 11.1 Å². The second-order valence-electron chi connectivity index (χ2n) is 5.18. The van der Waals surface area contributed by atoms with Gasteiger partial charge in [-0.3, -0.25) is 9.59 Å². The van der Waals surface area contributed by atoms with Crippen molar-refractivity contribution in [1.29, 1.82) is 0 Å². The van der Waals surface area contributed by atoms with Crippen LogP contribution in [0.2, 0.25) is 0 Å². The third kappa shape index (κ3) is 3.82. The van der Waals surface area contributed by atoms with Gasteiger partial charge in [0.15, 0.2) is 5.16 Å². The van der Waals surface area contributed by atoms with Crippen molar-refractivity contribution in [3.8, 4) is 0 Å². The fraction of sp³-hybridized carbons (Fsp3) is 0.188. The Morgan fingerprint density at radius 1 is 1.33 bits per heavy atom. The summed E-state index contributed by atoms with van der Waals surface area (Å²) in [6.07, 6.45) is 0. The molecule has 0 unspecified atom stereocenters. The van der Waals surface area contributed by atoms with Crippen molar-refractivity contribution >= 4 is 39.2 Å². The predicted molar refractivity (Wildman–Crippen MR) is 93.8 cm³/mol. The number of hydrogen-bond donors (Lipinski definition) is 1. The van der Waals surface area contributed by atoms with E-state index in [2.05, 4.69) is 9.97 Å². The van der Waals surface area contributed by atoms with Gasteiger partial charge in [-0.1, -0.05) is 23.9 Å². The fourth-order valence-corrected chi connectivity index (χ4v) is 3.73. The molecule has 2 aromatic heterocycles. The minimum atomic E-state index is -0.303. The van der Waals surface area contributed by atoms with Crippen molar-refractivity contribution < 1.29 is 9.18 Å². The van der Waals surface area contributed by atoms with Gasteiger partial charge >= 0.3 is 0 Å². The lowest BCUT2D eigenvalue weighted by Crippen LogP contribution is -2.28. The zero-order chi connectivity index (χ0) is 17.1. The summed E-state index contributed by atoms with van der Waals surface area (Å²) in [5.74, 6) is -0.238. The molecule has 0 saturated carbocycles. The highest BCUT2D eigenvalue weighted by atomic mass is 32.2. The molecule has 24 heavy (non-hydrogen) atoms. The Hall–Kier alpha value is -2.19. The number of H-pyrrole nitrogens is 1. The van der Waals surface area contributed by atoms with E-state index in [9.17, 15) is 14.0 Å². The molecule has 0 atom stereocenters. The van der Waals surface area contributed by atoms with Crippen molar-refractivity contribution in [2.75, 3.05) is 12.8 Å². The smallest absolute Gasteiger partial charge is 0.260 e. The monoisotopic (exact) mass is 363 g/mol. The zero-order valence-corrected chi connectivity index (χ0v) is 14.4. The SMILES string of the molecule is CN(Cc1ccc(F)cc1)C(=O)CSc1nc2sccc2c(=O)[nH]1. The summed E-state index contributed by atoms with van der Waals surface area (Å²) in [5.41, 5.74) is 0.652. The van der Waals surface area contributed by atoms with Crippen molar-refractivity contribution in [3.63, 3.8) is 0 Å². The highest BCUT2D eigenvalue weighted by Gasteiger charge is 2.12. The summed E-state index contributed by atoms with van der Waals surface area (Å²) in [7, 11) is 1.69. The number of hydrogen-bond acceptors (Lipinski definition) is 5. The number of aromatic amines is 1. The first kappa shape index (κ1) is 16.7. The number of rotatable bonds is 5. The number of carbonyl (C=O) groups excluding carboxylic acids is 1. The lowest BCUT2D eigenvalue weighted by Gasteiger charge is -2.16. The average Bonchev–Trinajstić information content (AvgIpc) is 3.04. The number of thioether (sulfide) groups is 1. The van der Waals surface area contributed by atoms with Crippen LogP contribution in [0.3, 0.4) is 0 Å². The van der Waals surface area contributed by atoms with Crippen LogP contribution < -0.4 is 5.56 Å². The Bertz CT molecular complexity index is 921. The summed E-state index contributed by atoms with van der Waals surface area (Å²) in [6, 6.07) is 7.76. The van der Waals surface area contributed by atoms with E-state index in [0.29, 0.717) is 21.9 Å². The quantitative estimate of drug-likeness (QED) is 0.559. The lowest BCUT2D eigenvalue weighted by molar-refractivity contribution is -0.127. The van der Waals surface area contributed by atoms with Crippen LogP contribution in [0, 0.1) is 5.82 Å². The number of thiophene rings is 1. The van der Waals surface area contributed by atoms with E-state index in [1.54, 1.807) is 30.1 Å². The molecule has 0 radical (unpaired) electrons. The number of fused-ring (bicyclic) bond motifs is 1. The molecule has 1 amide bonds. The van der Waals surface area contributed by atoms with Gasteiger partial charge in [0.1, 0.15) is 10.6 Å². The van der Waals surface area contributed by atoms with E-state index < -0.39 is 0 Å². The van der Waals surface area contributed by atoms with Crippen molar-refractivity contribution in [2.24, 2.45) is 0 Å². The molecule has 3 aromatic rings. The van der Waals surface area contributed by atoms with Crippen LogP contribution in [0.5, 0.6) is 0 Å². The molecule has 0 bridgehead atoms. The number of aromatic nitrogens is 2. The molecule has 124 valence electrons. The van der Waals surface area contributed by atoms with Crippen LogP contribution in [-0.4, -0.2) is 33.6 Å². The largest absolute Gasteiger partial charge is 0.341 e. The van der Waals surface area contributed by atoms with Gasteiger partial charge in [0, 0.05) is 13.6 Å². The minimum absolute atomic E-state index is 0.0988. The Morgan fingerprint density at radius 2 is 2.08 bits per heavy atom. The number of benzene rings is 1. The summed E-state index contributed by atoms with van der Waals surface area (Å²) in [5, 5.41) is 2.80. The maximum Gasteiger partial charge on any atom is 0.260 e. The molecule has 2 heterocycles. The molecular weight excluding hydrogens is 349 g/mol. The third-order valence-electron chi connectivity index (χ3n) is 3.40. The van der Waals surface area contributed by atoms with Crippen LogP contribution in [0.4, 0.5) is 4.39 Å². The fourth-order valence-electron chi connectivity index (χ4n) is 2.11. The van der Waals surface area contributed by atoms with Crippen molar-refractivity contribution in [3.05, 3.63) is 57.4 Å². The van der Waals surface area contributed by atoms with Crippen molar-refractivity contribution in [1.82, 2.24) is 14.9 Å². The molecule has 0 aliphatic carbocycles. The first-order valence-electron chi connectivity index (χ1n) is 7.11. The number of nitrogens with zero attached hydrogens (tertiary/aromatic N) is 2. The number of carbonyl (C=O) groups is 1. The molecule has 1 N–H and O–H groups in total. The number of amides is 1. The topological polar surface area (TPSA) is 66.1 Å². The van der Waals surface area contributed by atoms with Crippen LogP contribution >= 0.6 is 23.1 Å². The second kappa shape index (κ2) is 7.14. The van der Waals surface area contributed by atoms with E-state index >= 15 is 0 Å². The van der Waals surface area contributed by atoms with E-state index in [-0.39, 0.29) is 23.0 Å². The maximum absolute atomic E-state index is 12.9. The highest BCUT2D eigenvalue weighted by Crippen LogP contribution is 2.19. The molecule has 3 rings (SSSR count). The van der Waals surface area contributed by atoms with Gasteiger partial charge in [-0.2, -0.15) is 0 Å². The first-order valence-corrected chi connectivity index (χ1v) is 8.98. The van der Waals surface area contributed by atoms with Crippen molar-refractivity contribution in [2.45, 2.75) is 11.7 Å². The Morgan fingerprint density at radius 3 is 2.83 bits per heavy atom. The minimum Gasteiger partial charge on any atom is -0.341 e. The summed E-state index contributed by atoms with van der Waals surface area (Å²) >= 11 is 2.58. The van der Waals surface area contributed by atoms with Crippen LogP contribution in [-0.2, 0) is 11.3 Å². The molecule has 8 heteroatoms. The normalized spacial score (nSPS) is 10.9. The molecule has 0 aliphatic heterocycles. The summed E-state index contributed by atoms with van der Waals surface area (Å²) in [4.78, 5) is 33.3. The standard InChI is InChI=1S/C16H14FN3O2S2/c1-20(8-10-2-4-11(17)5-3-10)13(21)9-24-16-18-14(22)12-6-7-23-15(12)19-16/h2-7H,8-9H2,1H3,(H,18,19,22). The zero-order valence-electron chi connectivity index (χ0n) is 12.8. The van der Waals surface area contributed by atoms with Gasteiger partial charge in [0.25, 0.3) is 5.56 Å². The van der Waals surface area contributed by atoms with Gasteiger partial charge in [0.2, 0.25) is 5.91 Å². The molecular formula is C16H14FN3O2S2. The Balaban J connectivity index is 1.61. The second-order valence-corrected chi connectivity index (χ2v) is 7.03. The third-order valence-corrected chi connectivity index (χ3v) is 5.07. The maximum atomic E-state index is 12.9.